The maximum Gasteiger partial charge on any atom is 0.310 e. The van der Waals surface area contributed by atoms with Crippen LogP contribution < -0.4 is 10.1 Å². The summed E-state index contributed by atoms with van der Waals surface area (Å²) < 4.78 is 21.0. The van der Waals surface area contributed by atoms with Gasteiger partial charge in [-0.25, -0.2) is 14.4 Å². The van der Waals surface area contributed by atoms with Crippen molar-refractivity contribution in [3.05, 3.63) is 112 Å². The van der Waals surface area contributed by atoms with E-state index in [-0.39, 0.29) is 48.7 Å². The predicted molar refractivity (Wildman–Crippen MR) is 200 cm³/mol. The number of carboxylic acids is 1. The highest BCUT2D eigenvalue weighted by Gasteiger charge is 2.39. The number of likely N-dealkylation sites (tertiary alicyclic amines) is 1. The Morgan fingerprint density at radius 3 is 2.12 bits per heavy atom. The van der Waals surface area contributed by atoms with E-state index in [9.17, 15) is 19.5 Å². The Bertz CT molecular complexity index is 2070. The smallest absolute Gasteiger partial charge is 0.310 e. The van der Waals surface area contributed by atoms with Gasteiger partial charge in [0.2, 0.25) is 5.91 Å². The average molecular weight is 721 g/mol. The number of carbonyl (C=O) groups excluding carboxylic acids is 2. The zero-order chi connectivity index (χ0) is 37.2. The Morgan fingerprint density at radius 1 is 0.904 bits per heavy atom. The van der Waals surface area contributed by atoms with Crippen molar-refractivity contribution in [3.63, 3.8) is 0 Å². The van der Waals surface area contributed by atoms with Crippen molar-refractivity contribution in [2.45, 2.75) is 58.6 Å². The molecule has 268 valence electrons. The van der Waals surface area contributed by atoms with Gasteiger partial charge < -0.3 is 20.1 Å². The van der Waals surface area contributed by atoms with E-state index < -0.39 is 17.9 Å². The molecule has 2 N–H and O–H groups in total. The molecule has 0 unspecified atom stereocenters. The zero-order valence-corrected chi connectivity index (χ0v) is 30.5. The van der Waals surface area contributed by atoms with Gasteiger partial charge in [-0.1, -0.05) is 69.3 Å². The molecule has 11 heteroatoms. The molecule has 0 aliphatic carbocycles. The Labute approximate surface area is 306 Å². The number of hydrogen-bond acceptors (Lipinski definition) is 7. The molecule has 2 aromatic heterocycles. The highest BCUT2D eigenvalue weighted by Crippen LogP contribution is 2.31. The number of carboxylic acid groups (broad SMARTS) is 1. The number of amides is 2. The van der Waals surface area contributed by atoms with Crippen LogP contribution in [-0.4, -0.2) is 63.0 Å². The topological polar surface area (TPSA) is 122 Å². The molecule has 1 fully saturated rings. The van der Waals surface area contributed by atoms with E-state index in [2.05, 4.69) is 36.1 Å². The molecular formula is C41H41FN4O5S. The van der Waals surface area contributed by atoms with Crippen LogP contribution >= 0.6 is 11.3 Å². The number of hydrogen-bond donors (Lipinski definition) is 2. The minimum Gasteiger partial charge on any atom is -0.491 e. The summed E-state index contributed by atoms with van der Waals surface area (Å²) in [6, 6.07) is 22.8. The van der Waals surface area contributed by atoms with Gasteiger partial charge in [0.05, 0.1) is 16.9 Å². The molecular weight excluding hydrogens is 680 g/mol. The van der Waals surface area contributed by atoms with E-state index in [1.807, 2.05) is 74.5 Å². The second-order valence-electron chi connectivity index (χ2n) is 14.3. The molecule has 1 saturated heterocycles. The molecule has 0 bridgehead atoms. The van der Waals surface area contributed by atoms with Gasteiger partial charge in [-0.15, -0.1) is 11.3 Å². The molecule has 9 nitrogen and oxygen atoms in total. The number of aromatic nitrogens is 2. The number of thiophene rings is 1. The number of nitrogens with zero attached hydrogens (tertiary/aromatic N) is 3. The van der Waals surface area contributed by atoms with E-state index in [1.54, 1.807) is 24.5 Å². The van der Waals surface area contributed by atoms with Crippen LogP contribution in [0.4, 0.5) is 4.39 Å². The standard InChI is InChI=1S/C41H41FN4O5S/c1-24(2)51-31-13-10-26(11-14-31)28-12-15-32(33(42)19-28)29-20-43-37(44-21-29)27-8-6-25(7-9-27)18-34(39(48)46-22-30(23-46)40(49)50)45-38(47)35-16-17-36(52-35)41(3,4)5/h6-17,19-21,24,30,34H,18,22-23H2,1-5H3,(H,45,47)(H,49,50)/t34-/m0/s1. The van der Waals surface area contributed by atoms with Crippen LogP contribution in [0.5, 0.6) is 5.75 Å². The Hall–Kier alpha value is -5.42. The fourth-order valence-corrected chi connectivity index (χ4v) is 6.86. The van der Waals surface area contributed by atoms with Gasteiger partial charge in [0.1, 0.15) is 17.6 Å². The molecule has 3 heterocycles. The first-order valence-corrected chi connectivity index (χ1v) is 18.0. The average Bonchev–Trinajstić information content (AvgIpc) is 3.60. The fourth-order valence-electron chi connectivity index (χ4n) is 5.90. The predicted octanol–water partition coefficient (Wildman–Crippen LogP) is 7.65. The van der Waals surface area contributed by atoms with Crippen molar-refractivity contribution < 1.29 is 28.6 Å². The van der Waals surface area contributed by atoms with E-state index in [0.29, 0.717) is 21.8 Å². The number of aliphatic carboxylic acids is 1. The number of rotatable bonds is 11. The zero-order valence-electron chi connectivity index (χ0n) is 29.7. The quantitative estimate of drug-likeness (QED) is 0.144. The van der Waals surface area contributed by atoms with E-state index in [0.717, 1.165) is 32.9 Å². The minimum atomic E-state index is -0.943. The third kappa shape index (κ3) is 8.37. The molecule has 3 aromatic carbocycles. The fraction of sp³-hybridized carbons (Fsp3) is 0.293. The summed E-state index contributed by atoms with van der Waals surface area (Å²) in [7, 11) is 0. The molecule has 1 aliphatic heterocycles. The number of carbonyl (C=O) groups is 3. The lowest BCUT2D eigenvalue weighted by Gasteiger charge is -2.38. The highest BCUT2D eigenvalue weighted by atomic mass is 32.1. The molecule has 0 saturated carbocycles. The summed E-state index contributed by atoms with van der Waals surface area (Å²) in [6.07, 6.45) is 3.45. The first-order valence-electron chi connectivity index (χ1n) is 17.2. The van der Waals surface area contributed by atoms with Gasteiger partial charge in [-0.3, -0.25) is 14.4 Å². The molecule has 0 radical (unpaired) electrons. The number of benzene rings is 3. The summed E-state index contributed by atoms with van der Waals surface area (Å²) in [4.78, 5) is 50.2. The second-order valence-corrected chi connectivity index (χ2v) is 15.4. The van der Waals surface area contributed by atoms with Crippen molar-refractivity contribution in [3.8, 4) is 39.4 Å². The molecule has 5 aromatic rings. The number of nitrogens with one attached hydrogen (secondary N) is 1. The minimum absolute atomic E-state index is 0.0679. The van der Waals surface area contributed by atoms with Crippen LogP contribution in [0.3, 0.4) is 0 Å². The van der Waals surface area contributed by atoms with Crippen molar-refractivity contribution in [2.24, 2.45) is 5.92 Å². The van der Waals surface area contributed by atoms with Crippen LogP contribution in [-0.2, 0) is 21.4 Å². The lowest BCUT2D eigenvalue weighted by Crippen LogP contribution is -2.59. The van der Waals surface area contributed by atoms with Gasteiger partial charge in [0.25, 0.3) is 5.91 Å². The van der Waals surface area contributed by atoms with Crippen LogP contribution in [0.1, 0.15) is 54.7 Å². The van der Waals surface area contributed by atoms with Gasteiger partial charge in [0, 0.05) is 53.5 Å². The summed E-state index contributed by atoms with van der Waals surface area (Å²) >= 11 is 1.39. The first kappa shape index (κ1) is 36.4. The van der Waals surface area contributed by atoms with Crippen LogP contribution in [0.15, 0.2) is 91.3 Å². The Kier molecular flexibility index (Phi) is 10.5. The van der Waals surface area contributed by atoms with Crippen molar-refractivity contribution >= 4 is 29.1 Å². The molecule has 0 spiro atoms. The van der Waals surface area contributed by atoms with E-state index in [1.165, 1.54) is 22.3 Å². The third-order valence-corrected chi connectivity index (χ3v) is 10.4. The Morgan fingerprint density at radius 2 is 1.54 bits per heavy atom. The molecule has 6 rings (SSSR count). The monoisotopic (exact) mass is 720 g/mol. The summed E-state index contributed by atoms with van der Waals surface area (Å²) in [5, 5.41) is 12.2. The molecule has 1 aliphatic rings. The van der Waals surface area contributed by atoms with Crippen LogP contribution in [0.2, 0.25) is 0 Å². The molecule has 1 atom stereocenters. The van der Waals surface area contributed by atoms with E-state index in [4.69, 9.17) is 4.74 Å². The van der Waals surface area contributed by atoms with Gasteiger partial charge >= 0.3 is 5.97 Å². The summed E-state index contributed by atoms with van der Waals surface area (Å²) in [5.74, 6) is -1.41. The normalized spacial score (nSPS) is 13.8. The van der Waals surface area contributed by atoms with Gasteiger partial charge in [0.15, 0.2) is 5.82 Å². The Balaban J connectivity index is 1.14. The number of halogens is 1. The maximum absolute atomic E-state index is 15.3. The SMILES string of the molecule is CC(C)Oc1ccc(-c2ccc(-c3cnc(-c4ccc(C[C@H](NC(=O)c5ccc(C(C)(C)C)s5)C(=O)N5CC(C(=O)O)C5)cc4)nc3)c(F)c2)cc1. The number of ether oxygens (including phenoxy) is 1. The third-order valence-electron chi connectivity index (χ3n) is 8.86. The van der Waals surface area contributed by atoms with Crippen molar-refractivity contribution in [1.82, 2.24) is 20.2 Å². The highest BCUT2D eigenvalue weighted by molar-refractivity contribution is 7.14. The first-order chi connectivity index (χ1) is 24.7. The molecule has 2 amide bonds. The van der Waals surface area contributed by atoms with E-state index >= 15 is 4.39 Å². The summed E-state index contributed by atoms with van der Waals surface area (Å²) in [5.41, 5.74) is 3.94. The van der Waals surface area contributed by atoms with Crippen LogP contribution in [0, 0.1) is 11.7 Å². The summed E-state index contributed by atoms with van der Waals surface area (Å²) in [6.45, 7) is 10.4. The largest absolute Gasteiger partial charge is 0.491 e. The lowest BCUT2D eigenvalue weighted by atomic mass is 9.95. The van der Waals surface area contributed by atoms with Crippen LogP contribution in [0.25, 0.3) is 33.6 Å². The van der Waals surface area contributed by atoms with Crippen molar-refractivity contribution in [2.75, 3.05) is 13.1 Å². The maximum atomic E-state index is 15.3. The molecule has 52 heavy (non-hydrogen) atoms. The van der Waals surface area contributed by atoms with Gasteiger partial charge in [-0.2, -0.15) is 0 Å². The van der Waals surface area contributed by atoms with Gasteiger partial charge in [-0.05, 0) is 66.3 Å². The lowest BCUT2D eigenvalue weighted by molar-refractivity contribution is -0.153. The second kappa shape index (κ2) is 15.1. The van der Waals surface area contributed by atoms with Crippen molar-refractivity contribution in [1.29, 1.82) is 0 Å².